The van der Waals surface area contributed by atoms with Crippen LogP contribution in [0.3, 0.4) is 0 Å². The second-order valence-electron chi connectivity index (χ2n) is 14.4. The van der Waals surface area contributed by atoms with Crippen LogP contribution in [0.5, 0.6) is 28.7 Å². The minimum Gasteiger partial charge on any atom is -0.508 e. The fraction of sp³-hybridized carbons (Fsp3) is 0.289. The molecule has 0 aliphatic heterocycles. The van der Waals surface area contributed by atoms with Crippen LogP contribution in [0.2, 0.25) is 0 Å². The van der Waals surface area contributed by atoms with Gasteiger partial charge < -0.3 is 43.7 Å². The number of esters is 2. The summed E-state index contributed by atoms with van der Waals surface area (Å²) in [6, 6.07) is 17.2. The summed E-state index contributed by atoms with van der Waals surface area (Å²) in [5, 5.41) is 32.8. The first-order chi connectivity index (χ1) is 27.8. The molecule has 0 bridgehead atoms. The number of ketones is 2. The number of carbonyl (C=O) groups is 4. The number of methoxy groups -OCH3 is 4. The normalized spacial score (nSPS) is 17.5. The lowest BCUT2D eigenvalue weighted by molar-refractivity contribution is -0.147. The maximum atomic E-state index is 14.5. The molecule has 0 amide bonds. The molecule has 3 aliphatic rings. The molecule has 7 rings (SSSR count). The van der Waals surface area contributed by atoms with Crippen LogP contribution in [0.25, 0.3) is 11.1 Å². The fourth-order valence-electron chi connectivity index (χ4n) is 8.61. The second kappa shape index (κ2) is 15.6. The van der Waals surface area contributed by atoms with Crippen molar-refractivity contribution in [3.8, 4) is 39.9 Å². The summed E-state index contributed by atoms with van der Waals surface area (Å²) in [5.41, 5.74) is 2.92. The summed E-state index contributed by atoms with van der Waals surface area (Å²) in [6.45, 7) is 3.35. The molecule has 0 saturated heterocycles. The Morgan fingerprint density at radius 3 is 1.53 bits per heavy atom. The number of ether oxygens (including phenoxy) is 6. The summed E-state index contributed by atoms with van der Waals surface area (Å²) < 4.78 is 35.2. The van der Waals surface area contributed by atoms with Crippen molar-refractivity contribution < 1.29 is 62.9 Å². The van der Waals surface area contributed by atoms with E-state index in [1.807, 2.05) is 0 Å². The third-order valence-electron chi connectivity index (χ3n) is 10.8. The van der Waals surface area contributed by atoms with Gasteiger partial charge in [0.2, 0.25) is 11.6 Å². The van der Waals surface area contributed by atoms with Crippen molar-refractivity contribution in [2.24, 2.45) is 0 Å². The monoisotopic (exact) mass is 790 g/mol. The van der Waals surface area contributed by atoms with E-state index >= 15 is 0 Å². The zero-order valence-corrected chi connectivity index (χ0v) is 32.7. The van der Waals surface area contributed by atoms with Gasteiger partial charge in [-0.1, -0.05) is 30.3 Å². The fourth-order valence-corrected chi connectivity index (χ4v) is 8.61. The number of hydrogen-bond donors (Lipinski definition) is 3. The number of rotatable bonds is 13. The Kier molecular flexibility index (Phi) is 10.6. The quantitative estimate of drug-likeness (QED) is 0.117. The first-order valence-corrected chi connectivity index (χ1v) is 18.6. The van der Waals surface area contributed by atoms with Gasteiger partial charge in [-0.25, -0.2) is 4.79 Å². The van der Waals surface area contributed by atoms with Gasteiger partial charge in [-0.15, -0.1) is 0 Å². The predicted molar refractivity (Wildman–Crippen MR) is 208 cm³/mol. The van der Waals surface area contributed by atoms with E-state index in [2.05, 4.69) is 0 Å². The van der Waals surface area contributed by atoms with Crippen molar-refractivity contribution >= 4 is 23.5 Å². The van der Waals surface area contributed by atoms with Crippen LogP contribution in [-0.4, -0.2) is 79.5 Å². The van der Waals surface area contributed by atoms with Gasteiger partial charge in [0.05, 0.1) is 51.6 Å². The number of phenols is 3. The van der Waals surface area contributed by atoms with Crippen LogP contribution in [-0.2, 0) is 30.2 Å². The number of hydrogen-bond acceptors (Lipinski definition) is 13. The molecule has 0 fully saturated rings. The molecule has 13 nitrogen and oxygen atoms in total. The first kappa shape index (κ1) is 39.5. The van der Waals surface area contributed by atoms with Gasteiger partial charge in [0.25, 0.3) is 0 Å². The lowest BCUT2D eigenvalue weighted by Crippen LogP contribution is -2.36. The third kappa shape index (κ3) is 6.65. The number of benzene rings is 4. The van der Waals surface area contributed by atoms with Crippen molar-refractivity contribution in [1.29, 1.82) is 0 Å². The smallest absolute Gasteiger partial charge is 0.338 e. The van der Waals surface area contributed by atoms with Crippen molar-refractivity contribution in [3.05, 3.63) is 123 Å². The minimum atomic E-state index is -0.931. The van der Waals surface area contributed by atoms with E-state index < -0.39 is 47.5 Å². The molecule has 3 N–H and O–H groups in total. The topological polar surface area (TPSA) is 184 Å². The van der Waals surface area contributed by atoms with Crippen molar-refractivity contribution in [1.82, 2.24) is 0 Å². The second-order valence-corrected chi connectivity index (χ2v) is 14.4. The van der Waals surface area contributed by atoms with Crippen LogP contribution in [0, 0.1) is 0 Å². The van der Waals surface area contributed by atoms with Crippen molar-refractivity contribution in [2.45, 2.75) is 57.2 Å². The van der Waals surface area contributed by atoms with E-state index in [-0.39, 0.29) is 70.7 Å². The molecular formula is C45H42O13. The van der Waals surface area contributed by atoms with Gasteiger partial charge in [-0.2, -0.15) is 0 Å². The Balaban J connectivity index is 1.43. The molecule has 4 atom stereocenters. The highest BCUT2D eigenvalue weighted by Crippen LogP contribution is 2.65. The minimum absolute atomic E-state index is 0.0349. The Morgan fingerprint density at radius 1 is 0.621 bits per heavy atom. The molecule has 58 heavy (non-hydrogen) atoms. The Labute approximate surface area is 334 Å². The molecule has 4 unspecified atom stereocenters. The average Bonchev–Trinajstić information content (AvgIpc) is 3.19. The van der Waals surface area contributed by atoms with E-state index in [4.69, 9.17) is 28.4 Å². The molecule has 13 heteroatoms. The molecule has 0 radical (unpaired) electrons. The van der Waals surface area contributed by atoms with Gasteiger partial charge in [0, 0.05) is 47.9 Å². The molecular weight excluding hydrogens is 748 g/mol. The molecule has 4 aromatic carbocycles. The van der Waals surface area contributed by atoms with E-state index in [0.717, 1.165) is 0 Å². The van der Waals surface area contributed by atoms with Crippen LogP contribution < -0.4 is 9.47 Å². The Hall–Kier alpha value is -6.76. The number of aromatic hydroxyl groups is 3. The zero-order valence-electron chi connectivity index (χ0n) is 32.7. The lowest BCUT2D eigenvalue weighted by atomic mass is 9.58. The largest absolute Gasteiger partial charge is 0.508 e. The highest BCUT2D eigenvalue weighted by molar-refractivity contribution is 6.18. The number of allylic oxidation sites excluding steroid dienone is 2. The van der Waals surface area contributed by atoms with Gasteiger partial charge in [0.1, 0.15) is 41.0 Å². The Morgan fingerprint density at radius 2 is 1.09 bits per heavy atom. The van der Waals surface area contributed by atoms with E-state index in [1.165, 1.54) is 52.7 Å². The first-order valence-electron chi connectivity index (χ1n) is 18.6. The molecule has 0 saturated carbocycles. The SMILES string of the molecule is COC1=C(CC(C)OC(=O)Cc2ccc(O)cc2)C2c3c(c(O)cc(OC)c3-c3c(OC)cc(O)c4c3C2C(CC(C)OC(=O)c2ccccc2)=C(OC)C4=O)C1=O. The van der Waals surface area contributed by atoms with Gasteiger partial charge in [-0.05, 0) is 65.9 Å². The highest BCUT2D eigenvalue weighted by Gasteiger charge is 2.53. The maximum Gasteiger partial charge on any atom is 0.338 e. The van der Waals surface area contributed by atoms with Gasteiger partial charge in [-0.3, -0.25) is 14.4 Å². The van der Waals surface area contributed by atoms with E-state index in [1.54, 1.807) is 56.3 Å². The summed E-state index contributed by atoms with van der Waals surface area (Å²) >= 11 is 0. The number of carbonyl (C=O) groups excluding carboxylic acids is 4. The van der Waals surface area contributed by atoms with Crippen LogP contribution in [0.15, 0.2) is 89.4 Å². The molecule has 300 valence electrons. The molecule has 0 spiro atoms. The lowest BCUT2D eigenvalue weighted by Gasteiger charge is -2.45. The standard InChI is InChI=1S/C45H42O13/c1-21(57-32(49)18-23-12-14-25(46)15-13-23)16-26-33-34-27(17-22(2)58-45(52)24-10-8-7-9-11-24)44(56-6)42(51)36-29(48)20-31(54-4)38(40(34)36)37-30(53-3)19-28(47)35(39(33)37)41(50)43(26)55-5/h7-15,19-22,33-34,46-48H,16-18H2,1-6H3. The molecule has 4 aromatic rings. The summed E-state index contributed by atoms with van der Waals surface area (Å²) in [5.74, 6) is -4.89. The summed E-state index contributed by atoms with van der Waals surface area (Å²) in [7, 11) is 5.46. The van der Waals surface area contributed by atoms with Crippen LogP contribution in [0.1, 0.15) is 86.3 Å². The maximum absolute atomic E-state index is 14.5. The van der Waals surface area contributed by atoms with E-state index in [0.29, 0.717) is 44.5 Å². The highest BCUT2D eigenvalue weighted by atomic mass is 16.5. The van der Waals surface area contributed by atoms with E-state index in [9.17, 15) is 34.5 Å². The molecule has 0 heterocycles. The van der Waals surface area contributed by atoms with Crippen LogP contribution >= 0.6 is 0 Å². The third-order valence-corrected chi connectivity index (χ3v) is 10.8. The number of fused-ring (bicyclic) bond motifs is 2. The summed E-state index contributed by atoms with van der Waals surface area (Å²) in [4.78, 5) is 55.6. The number of phenolic OH excluding ortho intramolecular Hbond substituents is 3. The number of Topliss-reactive ketones (excluding diaryl/α,β-unsaturated/α-hetero) is 2. The summed E-state index contributed by atoms with van der Waals surface area (Å²) in [6.07, 6.45) is -1.84. The van der Waals surface area contributed by atoms with Crippen LogP contribution in [0.4, 0.5) is 0 Å². The predicted octanol–water partition coefficient (Wildman–Crippen LogP) is 7.06. The Bertz CT molecular complexity index is 2410. The van der Waals surface area contributed by atoms with Gasteiger partial charge >= 0.3 is 11.9 Å². The molecule has 3 aliphatic carbocycles. The zero-order chi connectivity index (χ0) is 41.6. The van der Waals surface area contributed by atoms with Crippen molar-refractivity contribution in [2.75, 3.05) is 28.4 Å². The van der Waals surface area contributed by atoms with Crippen molar-refractivity contribution in [3.63, 3.8) is 0 Å². The van der Waals surface area contributed by atoms with Gasteiger partial charge in [0.15, 0.2) is 11.5 Å². The molecule has 0 aromatic heterocycles. The average molecular weight is 791 g/mol.